The lowest BCUT2D eigenvalue weighted by atomic mass is 10.1. The topological polar surface area (TPSA) is 90.2 Å². The van der Waals surface area contributed by atoms with Gasteiger partial charge in [0.15, 0.2) is 5.96 Å². The number of nitrogens with two attached hydrogens (primary N) is 2. The Bertz CT molecular complexity index is 604. The summed E-state index contributed by atoms with van der Waals surface area (Å²) in [5.74, 6) is -0.157. The average Bonchev–Trinajstić information content (AvgIpc) is 2.75. The van der Waals surface area contributed by atoms with Crippen molar-refractivity contribution in [3.63, 3.8) is 0 Å². The van der Waals surface area contributed by atoms with Gasteiger partial charge in [0, 0.05) is 5.56 Å². The van der Waals surface area contributed by atoms with Crippen LogP contribution >= 0.6 is 23.7 Å². The third kappa shape index (κ3) is 3.81. The predicted molar refractivity (Wildman–Crippen MR) is 73.1 cm³/mol. The van der Waals surface area contributed by atoms with Crippen LogP contribution in [0.5, 0.6) is 0 Å². The number of rotatable bonds is 2. The molecule has 10 heteroatoms. The number of hydrogen-bond donors (Lipinski definition) is 2. The minimum absolute atomic E-state index is 0. The van der Waals surface area contributed by atoms with Crippen LogP contribution in [-0.4, -0.2) is 16.2 Å². The smallest absolute Gasteiger partial charge is 0.370 e. The van der Waals surface area contributed by atoms with E-state index in [4.69, 9.17) is 11.5 Å². The minimum Gasteiger partial charge on any atom is -0.370 e. The van der Waals surface area contributed by atoms with Gasteiger partial charge in [-0.15, -0.1) is 22.6 Å². The summed E-state index contributed by atoms with van der Waals surface area (Å²) in [5, 5.41) is 8.19. The van der Waals surface area contributed by atoms with E-state index in [0.29, 0.717) is 10.6 Å². The van der Waals surface area contributed by atoms with Gasteiger partial charge in [0.05, 0.1) is 5.56 Å². The first-order valence-electron chi connectivity index (χ1n) is 4.97. The normalized spacial score (nSPS) is 10.8. The molecule has 0 bridgehead atoms. The van der Waals surface area contributed by atoms with E-state index >= 15 is 0 Å². The Morgan fingerprint density at radius 3 is 2.20 bits per heavy atom. The fraction of sp³-hybridized carbons (Fsp3) is 0.100. The lowest BCUT2D eigenvalue weighted by Crippen LogP contribution is -2.21. The van der Waals surface area contributed by atoms with Crippen molar-refractivity contribution >= 4 is 34.8 Å². The number of aromatic nitrogens is 2. The lowest BCUT2D eigenvalue weighted by Gasteiger charge is -2.05. The van der Waals surface area contributed by atoms with E-state index in [-0.39, 0.29) is 23.5 Å². The van der Waals surface area contributed by atoms with Crippen molar-refractivity contribution < 1.29 is 13.2 Å². The quantitative estimate of drug-likeness (QED) is 0.656. The standard InChI is InChI=1S/C10H8F3N5S.ClH/c11-10(12,13)6-3-1-5(2-4-6)7-17-18-9(19-7)16-8(14)15;/h1-4H,(H4,14,15,16,18);1H. The highest BCUT2D eigenvalue weighted by Gasteiger charge is 2.30. The van der Waals surface area contributed by atoms with Gasteiger partial charge >= 0.3 is 6.18 Å². The molecule has 1 aromatic heterocycles. The number of alkyl halides is 3. The summed E-state index contributed by atoms with van der Waals surface area (Å²) in [6.07, 6.45) is -4.36. The molecule has 0 saturated heterocycles. The molecule has 0 aliphatic heterocycles. The maximum Gasteiger partial charge on any atom is 0.416 e. The molecule has 0 aliphatic rings. The zero-order valence-electron chi connectivity index (χ0n) is 9.76. The fourth-order valence-electron chi connectivity index (χ4n) is 1.29. The maximum atomic E-state index is 12.4. The molecule has 0 radical (unpaired) electrons. The molecular weight excluding hydrogens is 315 g/mol. The second kappa shape index (κ2) is 6.06. The summed E-state index contributed by atoms with van der Waals surface area (Å²) in [7, 11) is 0. The van der Waals surface area contributed by atoms with E-state index in [1.54, 1.807) is 0 Å². The molecule has 108 valence electrons. The molecular formula is C10H9ClF3N5S. The summed E-state index contributed by atoms with van der Waals surface area (Å²) >= 11 is 1.08. The Labute approximate surface area is 121 Å². The summed E-state index contributed by atoms with van der Waals surface area (Å²) in [6.45, 7) is 0. The Morgan fingerprint density at radius 1 is 1.10 bits per heavy atom. The zero-order chi connectivity index (χ0) is 14.0. The van der Waals surface area contributed by atoms with Crippen LogP contribution in [0.2, 0.25) is 0 Å². The molecule has 2 rings (SSSR count). The summed E-state index contributed by atoms with van der Waals surface area (Å²) in [4.78, 5) is 3.70. The number of hydrogen-bond acceptors (Lipinski definition) is 4. The largest absolute Gasteiger partial charge is 0.416 e. The van der Waals surface area contributed by atoms with E-state index < -0.39 is 11.7 Å². The maximum absolute atomic E-state index is 12.4. The summed E-state index contributed by atoms with van der Waals surface area (Å²) in [5.41, 5.74) is 10.2. The van der Waals surface area contributed by atoms with Crippen LogP contribution < -0.4 is 11.5 Å². The van der Waals surface area contributed by atoms with E-state index in [9.17, 15) is 13.2 Å². The monoisotopic (exact) mass is 323 g/mol. The Kier molecular flexibility index (Phi) is 4.90. The second-order valence-electron chi connectivity index (χ2n) is 3.50. The molecule has 5 nitrogen and oxygen atoms in total. The predicted octanol–water partition coefficient (Wildman–Crippen LogP) is 2.55. The van der Waals surface area contributed by atoms with Gasteiger partial charge in [-0.05, 0) is 12.1 Å². The summed E-state index contributed by atoms with van der Waals surface area (Å²) < 4.78 is 37.2. The fourth-order valence-corrected chi connectivity index (χ4v) is 2.03. The van der Waals surface area contributed by atoms with Crippen LogP contribution in [0.15, 0.2) is 29.3 Å². The van der Waals surface area contributed by atoms with Crippen LogP contribution in [-0.2, 0) is 6.18 Å². The van der Waals surface area contributed by atoms with Crippen molar-refractivity contribution in [2.75, 3.05) is 0 Å². The van der Waals surface area contributed by atoms with Gasteiger partial charge < -0.3 is 11.5 Å². The number of aliphatic imine (C=N–C) groups is 1. The first-order valence-corrected chi connectivity index (χ1v) is 5.78. The van der Waals surface area contributed by atoms with Crippen molar-refractivity contribution in [2.45, 2.75) is 6.18 Å². The highest BCUT2D eigenvalue weighted by Crippen LogP contribution is 2.32. The molecule has 0 unspecified atom stereocenters. The van der Waals surface area contributed by atoms with E-state index in [1.807, 2.05) is 0 Å². The van der Waals surface area contributed by atoms with Crippen LogP contribution in [0.3, 0.4) is 0 Å². The summed E-state index contributed by atoms with van der Waals surface area (Å²) in [6, 6.07) is 4.61. The molecule has 0 aliphatic carbocycles. The van der Waals surface area contributed by atoms with Crippen LogP contribution in [0.1, 0.15) is 5.56 Å². The van der Waals surface area contributed by atoms with Gasteiger partial charge in [0.2, 0.25) is 5.13 Å². The van der Waals surface area contributed by atoms with Gasteiger partial charge in [-0.3, -0.25) is 0 Å². The van der Waals surface area contributed by atoms with Gasteiger partial charge in [0.1, 0.15) is 5.01 Å². The average molecular weight is 324 g/mol. The minimum atomic E-state index is -4.36. The van der Waals surface area contributed by atoms with Crippen LogP contribution in [0, 0.1) is 0 Å². The van der Waals surface area contributed by atoms with Crippen molar-refractivity contribution in [2.24, 2.45) is 16.5 Å². The highest BCUT2D eigenvalue weighted by atomic mass is 35.5. The molecule has 0 atom stereocenters. The third-order valence-corrected chi connectivity index (χ3v) is 2.96. The molecule has 0 spiro atoms. The van der Waals surface area contributed by atoms with Gasteiger partial charge in [-0.1, -0.05) is 23.5 Å². The molecule has 0 saturated carbocycles. The number of halogens is 4. The second-order valence-corrected chi connectivity index (χ2v) is 4.46. The SMILES string of the molecule is Cl.NC(N)=Nc1nnc(-c2ccc(C(F)(F)F)cc2)s1. The van der Waals surface area contributed by atoms with Gasteiger partial charge in [0.25, 0.3) is 0 Å². The van der Waals surface area contributed by atoms with E-state index in [1.165, 1.54) is 12.1 Å². The number of benzene rings is 1. The van der Waals surface area contributed by atoms with Gasteiger partial charge in [-0.25, -0.2) is 0 Å². The molecule has 1 heterocycles. The molecule has 0 amide bonds. The van der Waals surface area contributed by atoms with E-state index in [0.717, 1.165) is 23.5 Å². The number of guanidine groups is 1. The Balaban J connectivity index is 0.00000200. The molecule has 4 N–H and O–H groups in total. The lowest BCUT2D eigenvalue weighted by molar-refractivity contribution is -0.137. The number of nitrogens with zero attached hydrogens (tertiary/aromatic N) is 3. The molecule has 0 fully saturated rings. The zero-order valence-corrected chi connectivity index (χ0v) is 11.4. The first kappa shape index (κ1) is 16.2. The van der Waals surface area contributed by atoms with Crippen LogP contribution in [0.4, 0.5) is 18.3 Å². The molecule has 2 aromatic rings. The van der Waals surface area contributed by atoms with Crippen molar-refractivity contribution in [3.8, 4) is 10.6 Å². The van der Waals surface area contributed by atoms with Crippen molar-refractivity contribution in [3.05, 3.63) is 29.8 Å². The Morgan fingerprint density at radius 2 is 1.70 bits per heavy atom. The van der Waals surface area contributed by atoms with Crippen molar-refractivity contribution in [1.29, 1.82) is 0 Å². The molecule has 20 heavy (non-hydrogen) atoms. The van der Waals surface area contributed by atoms with E-state index in [2.05, 4.69) is 15.2 Å². The van der Waals surface area contributed by atoms with Crippen LogP contribution in [0.25, 0.3) is 10.6 Å². The molecule has 1 aromatic carbocycles. The Hall–Kier alpha value is -1.87. The first-order chi connectivity index (χ1) is 8.86. The van der Waals surface area contributed by atoms with Gasteiger partial charge in [-0.2, -0.15) is 18.2 Å². The third-order valence-electron chi connectivity index (χ3n) is 2.10. The van der Waals surface area contributed by atoms with Crippen molar-refractivity contribution in [1.82, 2.24) is 10.2 Å². The highest BCUT2D eigenvalue weighted by molar-refractivity contribution is 7.18.